The molecular formula is C18H26N2O3S. The fraction of sp³-hybridized carbons (Fsp3) is 0.611. The van der Waals surface area contributed by atoms with Gasteiger partial charge in [-0.2, -0.15) is 4.31 Å². The number of benzene rings is 1. The molecule has 0 unspecified atom stereocenters. The van der Waals surface area contributed by atoms with Gasteiger partial charge in [0.25, 0.3) is 0 Å². The molecule has 1 fully saturated rings. The monoisotopic (exact) mass is 350 g/mol. The van der Waals surface area contributed by atoms with Crippen LogP contribution >= 0.6 is 0 Å². The van der Waals surface area contributed by atoms with Crippen molar-refractivity contribution in [1.82, 2.24) is 9.62 Å². The van der Waals surface area contributed by atoms with Crippen LogP contribution in [0.4, 0.5) is 0 Å². The number of nitrogens with one attached hydrogen (secondary N) is 1. The number of carbonyl (C=O) groups is 1. The van der Waals surface area contributed by atoms with Gasteiger partial charge in [0.1, 0.15) is 6.04 Å². The summed E-state index contributed by atoms with van der Waals surface area (Å²) in [6, 6.07) is 4.91. The van der Waals surface area contributed by atoms with Gasteiger partial charge in [-0.05, 0) is 68.2 Å². The van der Waals surface area contributed by atoms with Crippen molar-refractivity contribution in [2.24, 2.45) is 0 Å². The molecule has 1 N–H and O–H groups in total. The highest BCUT2D eigenvalue weighted by molar-refractivity contribution is 7.89. The molecule has 1 aliphatic carbocycles. The van der Waals surface area contributed by atoms with Crippen molar-refractivity contribution in [3.8, 4) is 0 Å². The second-order valence-electron chi connectivity index (χ2n) is 6.70. The summed E-state index contributed by atoms with van der Waals surface area (Å²) in [6.45, 7) is 2.99. The minimum atomic E-state index is -3.62. The van der Waals surface area contributed by atoms with E-state index < -0.39 is 16.1 Å². The molecule has 1 aromatic rings. The number of sulfonamides is 1. The quantitative estimate of drug-likeness (QED) is 0.886. The number of carbonyl (C=O) groups excluding carboxylic acids is 1. The third kappa shape index (κ3) is 3.35. The molecule has 0 spiro atoms. The van der Waals surface area contributed by atoms with E-state index in [1.165, 1.54) is 16.3 Å². The molecule has 0 saturated carbocycles. The molecule has 1 heterocycles. The zero-order valence-electron chi connectivity index (χ0n) is 14.3. The maximum Gasteiger partial charge on any atom is 0.243 e. The van der Waals surface area contributed by atoms with Crippen LogP contribution in [-0.2, 0) is 27.7 Å². The summed E-state index contributed by atoms with van der Waals surface area (Å²) in [5.74, 6) is -0.170. The Morgan fingerprint density at radius 3 is 2.71 bits per heavy atom. The molecule has 132 valence electrons. The van der Waals surface area contributed by atoms with Crippen molar-refractivity contribution >= 4 is 15.9 Å². The van der Waals surface area contributed by atoms with Gasteiger partial charge in [0, 0.05) is 13.1 Å². The van der Waals surface area contributed by atoms with E-state index in [4.69, 9.17) is 0 Å². The lowest BCUT2D eigenvalue weighted by atomic mass is 9.92. The van der Waals surface area contributed by atoms with Gasteiger partial charge in [-0.3, -0.25) is 4.79 Å². The highest BCUT2D eigenvalue weighted by atomic mass is 32.2. The SMILES string of the molecule is CCCNC(=O)[C@@H]1CCCN1S(=O)(=O)c1ccc2c(c1)CCCC2. The van der Waals surface area contributed by atoms with Crippen molar-refractivity contribution < 1.29 is 13.2 Å². The summed E-state index contributed by atoms with van der Waals surface area (Å²) in [7, 11) is -3.62. The minimum absolute atomic E-state index is 0.170. The number of aryl methyl sites for hydroxylation is 2. The summed E-state index contributed by atoms with van der Waals surface area (Å²) in [6.07, 6.45) is 6.43. The van der Waals surface area contributed by atoms with Crippen LogP contribution in [0, 0.1) is 0 Å². The Morgan fingerprint density at radius 2 is 1.96 bits per heavy atom. The topological polar surface area (TPSA) is 66.5 Å². The Kier molecular flexibility index (Phi) is 5.25. The van der Waals surface area contributed by atoms with E-state index in [1.807, 2.05) is 19.1 Å². The number of amides is 1. The molecule has 1 aromatic carbocycles. The molecular weight excluding hydrogens is 324 g/mol. The third-order valence-electron chi connectivity index (χ3n) is 4.98. The van der Waals surface area contributed by atoms with Gasteiger partial charge >= 0.3 is 0 Å². The van der Waals surface area contributed by atoms with E-state index >= 15 is 0 Å². The molecule has 5 nitrogen and oxygen atoms in total. The largest absolute Gasteiger partial charge is 0.355 e. The van der Waals surface area contributed by atoms with Gasteiger partial charge in [0.05, 0.1) is 4.90 Å². The molecule has 0 bridgehead atoms. The average Bonchev–Trinajstić information content (AvgIpc) is 3.10. The first-order valence-electron chi connectivity index (χ1n) is 8.95. The van der Waals surface area contributed by atoms with Gasteiger partial charge in [0.15, 0.2) is 0 Å². The average molecular weight is 350 g/mol. The molecule has 24 heavy (non-hydrogen) atoms. The summed E-state index contributed by atoms with van der Waals surface area (Å²) in [4.78, 5) is 12.6. The maximum atomic E-state index is 13.1. The molecule has 2 aliphatic rings. The smallest absolute Gasteiger partial charge is 0.243 e. The van der Waals surface area contributed by atoms with Gasteiger partial charge in [0.2, 0.25) is 15.9 Å². The van der Waals surface area contributed by atoms with Crippen LogP contribution in [0.2, 0.25) is 0 Å². The van der Waals surface area contributed by atoms with Crippen LogP contribution in [0.25, 0.3) is 0 Å². The first kappa shape index (κ1) is 17.4. The summed E-state index contributed by atoms with van der Waals surface area (Å²) < 4.78 is 27.5. The van der Waals surface area contributed by atoms with E-state index in [9.17, 15) is 13.2 Å². The van der Waals surface area contributed by atoms with E-state index in [1.54, 1.807) is 6.07 Å². The van der Waals surface area contributed by atoms with E-state index in [-0.39, 0.29) is 5.91 Å². The predicted octanol–water partition coefficient (Wildman–Crippen LogP) is 2.24. The van der Waals surface area contributed by atoms with Crippen molar-refractivity contribution in [1.29, 1.82) is 0 Å². The summed E-state index contributed by atoms with van der Waals surface area (Å²) in [5, 5.41) is 2.83. The fourth-order valence-corrected chi connectivity index (χ4v) is 5.37. The van der Waals surface area contributed by atoms with Crippen LogP contribution in [0.3, 0.4) is 0 Å². The Labute approximate surface area is 144 Å². The first-order chi connectivity index (χ1) is 11.5. The normalized spacial score (nSPS) is 21.5. The number of hydrogen-bond acceptors (Lipinski definition) is 3. The zero-order valence-corrected chi connectivity index (χ0v) is 15.1. The lowest BCUT2D eigenvalue weighted by Crippen LogP contribution is -2.46. The molecule has 6 heteroatoms. The predicted molar refractivity (Wildman–Crippen MR) is 93.3 cm³/mol. The number of fused-ring (bicyclic) bond motifs is 1. The second-order valence-corrected chi connectivity index (χ2v) is 8.59. The standard InChI is InChI=1S/C18H26N2O3S/c1-2-11-19-18(21)17-8-5-12-20(17)24(22,23)16-10-9-14-6-3-4-7-15(14)13-16/h9-10,13,17H,2-8,11-12H2,1H3,(H,19,21)/t17-/m0/s1. The molecule has 0 radical (unpaired) electrons. The third-order valence-corrected chi connectivity index (χ3v) is 6.89. The number of nitrogens with zero attached hydrogens (tertiary/aromatic N) is 1. The highest BCUT2D eigenvalue weighted by Gasteiger charge is 2.39. The Morgan fingerprint density at radius 1 is 1.21 bits per heavy atom. The molecule has 3 rings (SSSR count). The number of rotatable bonds is 5. The Hall–Kier alpha value is -1.40. The molecule has 1 saturated heterocycles. The van der Waals surface area contributed by atoms with Gasteiger partial charge in [-0.25, -0.2) is 8.42 Å². The highest BCUT2D eigenvalue weighted by Crippen LogP contribution is 2.29. The van der Waals surface area contributed by atoms with Crippen molar-refractivity contribution in [2.45, 2.75) is 62.8 Å². The summed E-state index contributed by atoms with van der Waals surface area (Å²) in [5.41, 5.74) is 2.41. The second kappa shape index (κ2) is 7.23. The molecule has 1 atom stereocenters. The van der Waals surface area contributed by atoms with Crippen LogP contribution < -0.4 is 5.32 Å². The van der Waals surface area contributed by atoms with Crippen LogP contribution in [0.15, 0.2) is 23.1 Å². The van der Waals surface area contributed by atoms with Crippen molar-refractivity contribution in [3.05, 3.63) is 29.3 Å². The van der Waals surface area contributed by atoms with E-state index in [2.05, 4.69) is 5.32 Å². The van der Waals surface area contributed by atoms with Crippen molar-refractivity contribution in [2.75, 3.05) is 13.1 Å². The van der Waals surface area contributed by atoms with E-state index in [0.717, 1.165) is 37.7 Å². The number of hydrogen-bond donors (Lipinski definition) is 1. The van der Waals surface area contributed by atoms with Gasteiger partial charge < -0.3 is 5.32 Å². The van der Waals surface area contributed by atoms with Crippen LogP contribution in [0.1, 0.15) is 50.2 Å². The van der Waals surface area contributed by atoms with Crippen molar-refractivity contribution in [3.63, 3.8) is 0 Å². The van der Waals surface area contributed by atoms with Gasteiger partial charge in [-0.1, -0.05) is 13.0 Å². The van der Waals surface area contributed by atoms with Crippen LogP contribution in [-0.4, -0.2) is 37.8 Å². The lowest BCUT2D eigenvalue weighted by Gasteiger charge is -2.24. The summed E-state index contributed by atoms with van der Waals surface area (Å²) >= 11 is 0. The lowest BCUT2D eigenvalue weighted by molar-refractivity contribution is -0.124. The Balaban J connectivity index is 1.85. The first-order valence-corrected chi connectivity index (χ1v) is 10.4. The zero-order chi connectivity index (χ0) is 17.2. The fourth-order valence-electron chi connectivity index (χ4n) is 3.66. The Bertz CT molecular complexity index is 715. The van der Waals surface area contributed by atoms with E-state index in [0.29, 0.717) is 24.4 Å². The molecule has 1 aliphatic heterocycles. The maximum absolute atomic E-state index is 13.1. The van der Waals surface area contributed by atoms with Crippen LogP contribution in [0.5, 0.6) is 0 Å². The van der Waals surface area contributed by atoms with Gasteiger partial charge in [-0.15, -0.1) is 0 Å². The molecule has 1 amide bonds. The molecule has 0 aromatic heterocycles. The minimum Gasteiger partial charge on any atom is -0.355 e.